The number of hydrogen-bond acceptors (Lipinski definition) is 2. The minimum Gasteiger partial charge on any atom is -0.311 e. The summed E-state index contributed by atoms with van der Waals surface area (Å²) in [5.74, 6) is 0.560. The minimum absolute atomic E-state index is 0.0288. The van der Waals surface area contributed by atoms with E-state index in [1.807, 2.05) is 37.3 Å². The van der Waals surface area contributed by atoms with Crippen molar-refractivity contribution in [3.05, 3.63) is 34.8 Å². The van der Waals surface area contributed by atoms with Gasteiger partial charge in [0.05, 0.1) is 5.52 Å². The van der Waals surface area contributed by atoms with Crippen molar-refractivity contribution in [3.8, 4) is 0 Å². The van der Waals surface area contributed by atoms with Gasteiger partial charge in [-0.2, -0.15) is 0 Å². The molecule has 0 aliphatic rings. The Morgan fingerprint density at radius 1 is 1.38 bits per heavy atom. The molecule has 82 valence electrons. The second-order valence-electron chi connectivity index (χ2n) is 3.41. The van der Waals surface area contributed by atoms with Crippen molar-refractivity contribution in [3.63, 3.8) is 0 Å². The molecule has 2 rings (SSSR count). The fourth-order valence-electron chi connectivity index (χ4n) is 1.41. The fraction of sp³-hybridized carbons (Fsp3) is 0.167. The molecule has 0 bridgehead atoms. The number of benzene rings is 1. The molecule has 3 nitrogen and oxygen atoms in total. The number of rotatable bonds is 2. The van der Waals surface area contributed by atoms with Gasteiger partial charge in [-0.3, -0.25) is 4.79 Å². The number of halogens is 1. The molecular formula is C12H11BrN2O. The highest BCUT2D eigenvalue weighted by atomic mass is 79.9. The number of aromatic nitrogens is 1. The fourth-order valence-corrected chi connectivity index (χ4v) is 1.88. The van der Waals surface area contributed by atoms with Crippen LogP contribution in [0.3, 0.4) is 0 Å². The Balaban J connectivity index is 2.43. The molecule has 0 saturated heterocycles. The Morgan fingerprint density at radius 2 is 2.19 bits per heavy atom. The van der Waals surface area contributed by atoms with Gasteiger partial charge in [0.2, 0.25) is 5.91 Å². The molecule has 0 saturated carbocycles. The van der Waals surface area contributed by atoms with Crippen molar-refractivity contribution in [2.24, 2.45) is 0 Å². The first-order chi connectivity index (χ1) is 7.70. The van der Waals surface area contributed by atoms with Gasteiger partial charge >= 0.3 is 0 Å². The van der Waals surface area contributed by atoms with E-state index in [2.05, 4.69) is 26.2 Å². The number of nitrogens with zero attached hydrogens (tertiary/aromatic N) is 1. The number of amides is 1. The molecule has 1 aromatic carbocycles. The monoisotopic (exact) mass is 278 g/mol. The lowest BCUT2D eigenvalue weighted by Crippen LogP contribution is -2.10. The normalized spacial score (nSPS) is 10.4. The zero-order chi connectivity index (χ0) is 11.5. The number of carbonyl (C=O) groups is 1. The third-order valence-electron chi connectivity index (χ3n) is 2.26. The third kappa shape index (κ3) is 2.22. The van der Waals surface area contributed by atoms with E-state index in [4.69, 9.17) is 0 Å². The zero-order valence-corrected chi connectivity index (χ0v) is 10.4. The highest BCUT2D eigenvalue weighted by molar-refractivity contribution is 9.10. The van der Waals surface area contributed by atoms with Gasteiger partial charge in [-0.1, -0.05) is 19.1 Å². The molecule has 1 N–H and O–H groups in total. The van der Waals surface area contributed by atoms with E-state index in [0.29, 0.717) is 12.2 Å². The average Bonchev–Trinajstić information content (AvgIpc) is 2.30. The topological polar surface area (TPSA) is 42.0 Å². The van der Waals surface area contributed by atoms with E-state index in [1.165, 1.54) is 0 Å². The number of nitrogens with one attached hydrogen (secondary N) is 1. The van der Waals surface area contributed by atoms with Crippen LogP contribution in [0, 0.1) is 0 Å². The quantitative estimate of drug-likeness (QED) is 0.916. The Hall–Kier alpha value is -1.42. The lowest BCUT2D eigenvalue weighted by Gasteiger charge is -2.05. The standard InChI is InChI=1S/C12H11BrN2O/c1-2-11(16)14-10-7-6-8-4-3-5-9(13)12(8)15-10/h3-7H,2H2,1H3,(H,14,15,16). The van der Waals surface area contributed by atoms with Gasteiger partial charge < -0.3 is 5.32 Å². The van der Waals surface area contributed by atoms with Crippen molar-refractivity contribution < 1.29 is 4.79 Å². The first-order valence-electron chi connectivity index (χ1n) is 5.06. The van der Waals surface area contributed by atoms with Gasteiger partial charge in [0.1, 0.15) is 5.82 Å². The number of fused-ring (bicyclic) bond motifs is 1. The van der Waals surface area contributed by atoms with E-state index in [9.17, 15) is 4.79 Å². The Labute approximate surface area is 102 Å². The number of anilines is 1. The van der Waals surface area contributed by atoms with Gasteiger partial charge in [-0.25, -0.2) is 4.98 Å². The van der Waals surface area contributed by atoms with Crippen molar-refractivity contribution in [2.45, 2.75) is 13.3 Å². The first kappa shape index (κ1) is 11.1. The average molecular weight is 279 g/mol. The molecule has 2 aromatic rings. The van der Waals surface area contributed by atoms with E-state index >= 15 is 0 Å². The van der Waals surface area contributed by atoms with Crippen LogP contribution in [0.1, 0.15) is 13.3 Å². The summed E-state index contributed by atoms with van der Waals surface area (Å²) < 4.78 is 0.928. The van der Waals surface area contributed by atoms with Crippen LogP contribution in [0.2, 0.25) is 0 Å². The van der Waals surface area contributed by atoms with E-state index in [0.717, 1.165) is 15.4 Å². The van der Waals surface area contributed by atoms with Gasteiger partial charge in [0, 0.05) is 16.3 Å². The van der Waals surface area contributed by atoms with Crippen LogP contribution < -0.4 is 5.32 Å². The molecule has 0 aliphatic heterocycles. The maximum absolute atomic E-state index is 11.2. The van der Waals surface area contributed by atoms with Crippen LogP contribution in [0.25, 0.3) is 10.9 Å². The van der Waals surface area contributed by atoms with Crippen molar-refractivity contribution >= 4 is 38.6 Å². The molecule has 0 unspecified atom stereocenters. The third-order valence-corrected chi connectivity index (χ3v) is 2.90. The molecule has 0 radical (unpaired) electrons. The first-order valence-corrected chi connectivity index (χ1v) is 5.85. The number of hydrogen-bond donors (Lipinski definition) is 1. The molecule has 0 atom stereocenters. The van der Waals surface area contributed by atoms with Gasteiger partial charge in [-0.15, -0.1) is 0 Å². The van der Waals surface area contributed by atoms with Gasteiger partial charge in [-0.05, 0) is 34.1 Å². The predicted molar refractivity (Wildman–Crippen MR) is 68.4 cm³/mol. The summed E-state index contributed by atoms with van der Waals surface area (Å²) in [5, 5.41) is 3.79. The lowest BCUT2D eigenvalue weighted by atomic mass is 10.2. The van der Waals surface area contributed by atoms with E-state index in [-0.39, 0.29) is 5.91 Å². The van der Waals surface area contributed by atoms with Crippen LogP contribution in [0.4, 0.5) is 5.82 Å². The maximum Gasteiger partial charge on any atom is 0.225 e. The van der Waals surface area contributed by atoms with Crippen molar-refractivity contribution in [2.75, 3.05) is 5.32 Å². The summed E-state index contributed by atoms with van der Waals surface area (Å²) in [4.78, 5) is 15.6. The second kappa shape index (κ2) is 4.61. The Bertz CT molecular complexity index is 540. The van der Waals surface area contributed by atoms with Crippen LogP contribution >= 0.6 is 15.9 Å². The summed E-state index contributed by atoms with van der Waals surface area (Å²) in [6, 6.07) is 9.62. The molecule has 0 aliphatic carbocycles. The molecule has 1 amide bonds. The molecule has 1 heterocycles. The van der Waals surface area contributed by atoms with Crippen LogP contribution in [0.15, 0.2) is 34.8 Å². The predicted octanol–water partition coefficient (Wildman–Crippen LogP) is 3.35. The Kier molecular flexibility index (Phi) is 3.19. The maximum atomic E-state index is 11.2. The molecule has 1 aromatic heterocycles. The largest absolute Gasteiger partial charge is 0.311 e. The molecule has 0 spiro atoms. The highest BCUT2D eigenvalue weighted by Crippen LogP contribution is 2.23. The van der Waals surface area contributed by atoms with Crippen LogP contribution in [-0.2, 0) is 4.79 Å². The zero-order valence-electron chi connectivity index (χ0n) is 8.83. The molecule has 4 heteroatoms. The summed E-state index contributed by atoms with van der Waals surface area (Å²) >= 11 is 3.44. The van der Waals surface area contributed by atoms with Crippen molar-refractivity contribution in [1.82, 2.24) is 4.98 Å². The number of pyridine rings is 1. The number of para-hydroxylation sites is 1. The van der Waals surface area contributed by atoms with Gasteiger partial charge in [0.15, 0.2) is 0 Å². The Morgan fingerprint density at radius 3 is 2.94 bits per heavy atom. The summed E-state index contributed by atoms with van der Waals surface area (Å²) in [5.41, 5.74) is 0.858. The molecule has 0 fully saturated rings. The number of carbonyl (C=O) groups excluding carboxylic acids is 1. The smallest absolute Gasteiger partial charge is 0.225 e. The minimum atomic E-state index is -0.0288. The summed E-state index contributed by atoms with van der Waals surface area (Å²) in [6.45, 7) is 1.81. The van der Waals surface area contributed by atoms with E-state index < -0.39 is 0 Å². The molecule has 16 heavy (non-hydrogen) atoms. The highest BCUT2D eigenvalue weighted by Gasteiger charge is 2.03. The lowest BCUT2D eigenvalue weighted by molar-refractivity contribution is -0.115. The van der Waals surface area contributed by atoms with Gasteiger partial charge in [0.25, 0.3) is 0 Å². The SMILES string of the molecule is CCC(=O)Nc1ccc2cccc(Br)c2n1. The van der Waals surface area contributed by atoms with E-state index in [1.54, 1.807) is 0 Å². The van der Waals surface area contributed by atoms with Crippen LogP contribution in [-0.4, -0.2) is 10.9 Å². The van der Waals surface area contributed by atoms with Crippen LogP contribution in [0.5, 0.6) is 0 Å². The van der Waals surface area contributed by atoms with Crippen molar-refractivity contribution in [1.29, 1.82) is 0 Å². The molecular weight excluding hydrogens is 268 g/mol. The second-order valence-corrected chi connectivity index (χ2v) is 4.26. The summed E-state index contributed by atoms with van der Waals surface area (Å²) in [7, 11) is 0. The summed E-state index contributed by atoms with van der Waals surface area (Å²) in [6.07, 6.45) is 0.454.